The molecule has 2 heterocycles. The molecule has 22 heavy (non-hydrogen) atoms. The minimum absolute atomic E-state index is 0.113. The molecular formula is C15H15N5O2. The first-order chi connectivity index (χ1) is 10.5. The van der Waals surface area contributed by atoms with Crippen LogP contribution in [0, 0.1) is 13.8 Å². The van der Waals surface area contributed by atoms with Crippen molar-refractivity contribution in [1.29, 1.82) is 0 Å². The molecule has 0 unspecified atom stereocenters. The van der Waals surface area contributed by atoms with Gasteiger partial charge < -0.3 is 4.74 Å². The van der Waals surface area contributed by atoms with Crippen molar-refractivity contribution < 1.29 is 9.53 Å². The summed E-state index contributed by atoms with van der Waals surface area (Å²) < 4.78 is 6.95. The molecule has 2 aromatic heterocycles. The van der Waals surface area contributed by atoms with Crippen molar-refractivity contribution in [3.8, 4) is 0 Å². The van der Waals surface area contributed by atoms with Gasteiger partial charge in [-0.3, -0.25) is 0 Å². The zero-order chi connectivity index (χ0) is 15.7. The van der Waals surface area contributed by atoms with Gasteiger partial charge in [-0.15, -0.1) is 5.10 Å². The summed E-state index contributed by atoms with van der Waals surface area (Å²) in [6, 6.07) is 6.96. The molecule has 0 aliphatic rings. The van der Waals surface area contributed by atoms with Crippen LogP contribution in [0.3, 0.4) is 0 Å². The second kappa shape index (κ2) is 5.51. The number of rotatable bonds is 3. The summed E-state index contributed by atoms with van der Waals surface area (Å²) in [5, 5.41) is 7.89. The van der Waals surface area contributed by atoms with E-state index in [4.69, 9.17) is 4.74 Å². The normalized spacial score (nSPS) is 10.9. The summed E-state index contributed by atoms with van der Waals surface area (Å²) in [4.78, 5) is 20.5. The highest BCUT2D eigenvalue weighted by molar-refractivity contribution is 5.93. The van der Waals surface area contributed by atoms with Crippen molar-refractivity contribution in [3.63, 3.8) is 0 Å². The van der Waals surface area contributed by atoms with Gasteiger partial charge in [0.2, 0.25) is 0 Å². The van der Waals surface area contributed by atoms with Gasteiger partial charge in [0.25, 0.3) is 0 Å². The fourth-order valence-corrected chi connectivity index (χ4v) is 2.26. The molecule has 7 heteroatoms. The van der Waals surface area contributed by atoms with Crippen LogP contribution in [0.2, 0.25) is 0 Å². The van der Waals surface area contributed by atoms with E-state index < -0.39 is 5.97 Å². The van der Waals surface area contributed by atoms with Crippen molar-refractivity contribution >= 4 is 17.0 Å². The predicted octanol–water partition coefficient (Wildman–Crippen LogP) is 1.73. The number of aryl methyl sites for hydroxylation is 3. The monoisotopic (exact) mass is 297 g/mol. The first-order valence-corrected chi connectivity index (χ1v) is 6.80. The van der Waals surface area contributed by atoms with Gasteiger partial charge in [0.15, 0.2) is 0 Å². The van der Waals surface area contributed by atoms with Crippen LogP contribution < -0.4 is 0 Å². The number of hydrogen-bond acceptors (Lipinski definition) is 6. The molecule has 0 saturated heterocycles. The number of hydrogen-bond donors (Lipinski definition) is 0. The van der Waals surface area contributed by atoms with E-state index >= 15 is 0 Å². The van der Waals surface area contributed by atoms with Gasteiger partial charge in [0.1, 0.15) is 17.9 Å². The summed E-state index contributed by atoms with van der Waals surface area (Å²) in [6.07, 6.45) is 0. The number of fused-ring (bicyclic) bond motifs is 1. The Hall–Kier alpha value is -2.83. The lowest BCUT2D eigenvalue weighted by Crippen LogP contribution is -2.07. The van der Waals surface area contributed by atoms with Crippen molar-refractivity contribution in [1.82, 2.24) is 25.0 Å². The summed E-state index contributed by atoms with van der Waals surface area (Å²) in [5.41, 5.74) is 3.48. The lowest BCUT2D eigenvalue weighted by molar-refractivity contribution is 0.0467. The van der Waals surface area contributed by atoms with Gasteiger partial charge in [-0.1, -0.05) is 5.21 Å². The molecule has 7 nitrogen and oxygen atoms in total. The van der Waals surface area contributed by atoms with Crippen LogP contribution in [-0.4, -0.2) is 30.9 Å². The predicted molar refractivity (Wildman–Crippen MR) is 79.1 cm³/mol. The van der Waals surface area contributed by atoms with E-state index in [0.717, 1.165) is 11.2 Å². The average Bonchev–Trinajstić information content (AvgIpc) is 2.85. The summed E-state index contributed by atoms with van der Waals surface area (Å²) in [6.45, 7) is 3.80. The number of ether oxygens (including phenoxy) is 1. The van der Waals surface area contributed by atoms with Gasteiger partial charge >= 0.3 is 5.97 Å². The molecule has 3 aromatic rings. The zero-order valence-corrected chi connectivity index (χ0v) is 12.6. The highest BCUT2D eigenvalue weighted by atomic mass is 16.5. The fourth-order valence-electron chi connectivity index (χ4n) is 2.26. The van der Waals surface area contributed by atoms with Crippen molar-refractivity contribution in [3.05, 3.63) is 47.0 Å². The molecular weight excluding hydrogens is 282 g/mol. The van der Waals surface area contributed by atoms with Gasteiger partial charge in [-0.2, -0.15) is 0 Å². The number of nitrogens with zero attached hydrogens (tertiary/aromatic N) is 5. The number of aromatic nitrogens is 5. The standard InChI is InChI=1S/C15H15N5O2/c1-9-6-12(17-10(2)16-9)8-22-15(21)11-4-5-14-13(7-11)18-19-20(14)3/h4-7H,8H2,1-3H3. The van der Waals surface area contributed by atoms with E-state index in [2.05, 4.69) is 20.3 Å². The summed E-state index contributed by atoms with van der Waals surface area (Å²) in [7, 11) is 1.80. The minimum Gasteiger partial charge on any atom is -0.456 e. The topological polar surface area (TPSA) is 82.8 Å². The van der Waals surface area contributed by atoms with Gasteiger partial charge in [0, 0.05) is 12.7 Å². The van der Waals surface area contributed by atoms with Crippen LogP contribution in [0.1, 0.15) is 27.6 Å². The molecule has 0 saturated carbocycles. The first-order valence-electron chi connectivity index (χ1n) is 6.80. The van der Waals surface area contributed by atoms with Gasteiger partial charge in [-0.25, -0.2) is 19.4 Å². The Bertz CT molecular complexity index is 836. The average molecular weight is 297 g/mol. The third kappa shape index (κ3) is 2.78. The van der Waals surface area contributed by atoms with E-state index in [1.165, 1.54) is 0 Å². The Labute approximate surface area is 127 Å². The molecule has 3 rings (SSSR count). The molecule has 0 aliphatic heterocycles. The maximum atomic E-state index is 12.1. The van der Waals surface area contributed by atoms with Crippen LogP contribution in [0.5, 0.6) is 0 Å². The van der Waals surface area contributed by atoms with E-state index in [1.807, 2.05) is 6.92 Å². The quantitative estimate of drug-likeness (QED) is 0.685. The molecule has 0 bridgehead atoms. The summed E-state index contributed by atoms with van der Waals surface area (Å²) >= 11 is 0. The second-order valence-electron chi connectivity index (χ2n) is 5.04. The van der Waals surface area contributed by atoms with E-state index in [1.54, 1.807) is 42.9 Å². The molecule has 1 aromatic carbocycles. The van der Waals surface area contributed by atoms with Crippen LogP contribution in [-0.2, 0) is 18.4 Å². The van der Waals surface area contributed by atoms with Crippen molar-refractivity contribution in [2.24, 2.45) is 7.05 Å². The highest BCUT2D eigenvalue weighted by Crippen LogP contribution is 2.14. The molecule has 0 atom stereocenters. The first kappa shape index (κ1) is 14.1. The Morgan fingerprint density at radius 3 is 2.82 bits per heavy atom. The molecule has 112 valence electrons. The smallest absolute Gasteiger partial charge is 0.338 e. The maximum absolute atomic E-state index is 12.1. The molecule has 0 fully saturated rings. The largest absolute Gasteiger partial charge is 0.456 e. The Morgan fingerprint density at radius 1 is 1.23 bits per heavy atom. The Kier molecular flexibility index (Phi) is 3.54. The number of esters is 1. The van der Waals surface area contributed by atoms with Gasteiger partial charge in [0.05, 0.1) is 16.8 Å². The summed E-state index contributed by atoms with van der Waals surface area (Å²) in [5.74, 6) is 0.244. The number of carbonyl (C=O) groups excluding carboxylic acids is 1. The number of benzene rings is 1. The SMILES string of the molecule is Cc1cc(COC(=O)c2ccc3c(c2)nnn3C)nc(C)n1. The second-order valence-corrected chi connectivity index (χ2v) is 5.04. The third-order valence-electron chi connectivity index (χ3n) is 3.22. The molecule has 0 radical (unpaired) electrons. The third-order valence-corrected chi connectivity index (χ3v) is 3.22. The fraction of sp³-hybridized carbons (Fsp3) is 0.267. The zero-order valence-electron chi connectivity index (χ0n) is 12.6. The van der Waals surface area contributed by atoms with Crippen LogP contribution in [0.15, 0.2) is 24.3 Å². The number of carbonyl (C=O) groups is 1. The maximum Gasteiger partial charge on any atom is 0.338 e. The molecule has 0 amide bonds. The van der Waals surface area contributed by atoms with Crippen molar-refractivity contribution in [2.75, 3.05) is 0 Å². The molecule has 0 aliphatic carbocycles. The van der Waals surface area contributed by atoms with Crippen molar-refractivity contribution in [2.45, 2.75) is 20.5 Å². The minimum atomic E-state index is -0.415. The lowest BCUT2D eigenvalue weighted by atomic mass is 10.2. The van der Waals surface area contributed by atoms with Gasteiger partial charge in [-0.05, 0) is 38.1 Å². The Morgan fingerprint density at radius 2 is 2.05 bits per heavy atom. The van der Waals surface area contributed by atoms with E-state index in [9.17, 15) is 4.79 Å². The lowest BCUT2D eigenvalue weighted by Gasteiger charge is -2.06. The molecule has 0 spiro atoms. The van der Waals surface area contributed by atoms with Crippen LogP contribution >= 0.6 is 0 Å². The highest BCUT2D eigenvalue weighted by Gasteiger charge is 2.11. The molecule has 0 N–H and O–H groups in total. The van der Waals surface area contributed by atoms with E-state index in [0.29, 0.717) is 22.6 Å². The van der Waals surface area contributed by atoms with Crippen LogP contribution in [0.25, 0.3) is 11.0 Å². The Balaban J connectivity index is 1.75. The van der Waals surface area contributed by atoms with Crippen LogP contribution in [0.4, 0.5) is 0 Å². The van der Waals surface area contributed by atoms with E-state index in [-0.39, 0.29) is 6.61 Å².